The van der Waals surface area contributed by atoms with Crippen molar-refractivity contribution < 1.29 is 4.79 Å². The lowest BCUT2D eigenvalue weighted by Gasteiger charge is -2.08. The Labute approximate surface area is 131 Å². The van der Waals surface area contributed by atoms with Crippen LogP contribution in [0.3, 0.4) is 0 Å². The summed E-state index contributed by atoms with van der Waals surface area (Å²) in [6, 6.07) is 17.3. The standard InChI is InChI=1S/C17H13BrN2O/c1-11-15(8-9-16(18)19-11)20-17(21)14-7-6-12-4-2-3-5-13(12)10-14/h2-10H,1H3,(H,20,21). The highest BCUT2D eigenvalue weighted by atomic mass is 79.9. The second-order valence-corrected chi connectivity index (χ2v) is 5.60. The van der Waals surface area contributed by atoms with Crippen LogP contribution in [0.4, 0.5) is 5.69 Å². The number of anilines is 1. The van der Waals surface area contributed by atoms with Crippen LogP contribution in [0.1, 0.15) is 16.1 Å². The molecule has 3 rings (SSSR count). The van der Waals surface area contributed by atoms with Crippen LogP contribution in [0.25, 0.3) is 10.8 Å². The number of aromatic nitrogens is 1. The smallest absolute Gasteiger partial charge is 0.255 e. The number of carbonyl (C=O) groups excluding carboxylic acids is 1. The molecule has 104 valence electrons. The minimum atomic E-state index is -0.132. The van der Waals surface area contributed by atoms with E-state index in [1.165, 1.54) is 0 Å². The number of nitrogens with zero attached hydrogens (tertiary/aromatic N) is 1. The third-order valence-corrected chi connectivity index (χ3v) is 3.75. The molecule has 0 aliphatic rings. The third-order valence-electron chi connectivity index (χ3n) is 3.31. The number of pyridine rings is 1. The van der Waals surface area contributed by atoms with Gasteiger partial charge in [-0.2, -0.15) is 0 Å². The molecule has 2 aromatic carbocycles. The zero-order valence-corrected chi connectivity index (χ0v) is 13.0. The van der Waals surface area contributed by atoms with Gasteiger partial charge in [0.25, 0.3) is 5.91 Å². The number of amides is 1. The number of hydrogen-bond donors (Lipinski definition) is 1. The van der Waals surface area contributed by atoms with E-state index in [-0.39, 0.29) is 5.91 Å². The van der Waals surface area contributed by atoms with E-state index >= 15 is 0 Å². The molecular weight excluding hydrogens is 328 g/mol. The summed E-state index contributed by atoms with van der Waals surface area (Å²) >= 11 is 3.31. The molecule has 0 unspecified atom stereocenters. The second-order valence-electron chi connectivity index (χ2n) is 4.78. The van der Waals surface area contributed by atoms with Crippen LogP contribution >= 0.6 is 15.9 Å². The Morgan fingerprint density at radius 2 is 1.81 bits per heavy atom. The van der Waals surface area contributed by atoms with Crippen LogP contribution in [0.15, 0.2) is 59.2 Å². The molecule has 0 fully saturated rings. The van der Waals surface area contributed by atoms with E-state index in [4.69, 9.17) is 0 Å². The largest absolute Gasteiger partial charge is 0.320 e. The summed E-state index contributed by atoms with van der Waals surface area (Å²) < 4.78 is 0.753. The number of fused-ring (bicyclic) bond motifs is 1. The predicted octanol–water partition coefficient (Wildman–Crippen LogP) is 4.56. The van der Waals surface area contributed by atoms with Crippen molar-refractivity contribution in [1.29, 1.82) is 0 Å². The predicted molar refractivity (Wildman–Crippen MR) is 88.6 cm³/mol. The molecule has 4 heteroatoms. The van der Waals surface area contributed by atoms with Crippen molar-refractivity contribution in [3.8, 4) is 0 Å². The van der Waals surface area contributed by atoms with Gasteiger partial charge in [-0.3, -0.25) is 4.79 Å². The maximum absolute atomic E-state index is 12.3. The zero-order chi connectivity index (χ0) is 14.8. The number of nitrogens with one attached hydrogen (secondary N) is 1. The normalized spacial score (nSPS) is 10.6. The molecule has 3 aromatic rings. The molecule has 0 aliphatic heterocycles. The van der Waals surface area contributed by atoms with Crippen LogP contribution < -0.4 is 5.32 Å². The summed E-state index contributed by atoms with van der Waals surface area (Å²) in [6.07, 6.45) is 0. The lowest BCUT2D eigenvalue weighted by Crippen LogP contribution is -2.13. The highest BCUT2D eigenvalue weighted by Crippen LogP contribution is 2.19. The zero-order valence-electron chi connectivity index (χ0n) is 11.4. The van der Waals surface area contributed by atoms with Gasteiger partial charge in [-0.05, 0) is 57.9 Å². The molecular formula is C17H13BrN2O. The molecule has 0 radical (unpaired) electrons. The van der Waals surface area contributed by atoms with E-state index in [2.05, 4.69) is 26.2 Å². The Hall–Kier alpha value is -2.20. The number of benzene rings is 2. The van der Waals surface area contributed by atoms with E-state index in [1.54, 1.807) is 0 Å². The van der Waals surface area contributed by atoms with Crippen LogP contribution in [0.2, 0.25) is 0 Å². The number of hydrogen-bond acceptors (Lipinski definition) is 2. The maximum Gasteiger partial charge on any atom is 0.255 e. The van der Waals surface area contributed by atoms with Gasteiger partial charge < -0.3 is 5.32 Å². The monoisotopic (exact) mass is 340 g/mol. The van der Waals surface area contributed by atoms with Gasteiger partial charge in [-0.1, -0.05) is 30.3 Å². The molecule has 0 saturated carbocycles. The van der Waals surface area contributed by atoms with Gasteiger partial charge in [-0.15, -0.1) is 0 Å². The van der Waals surface area contributed by atoms with E-state index < -0.39 is 0 Å². The molecule has 3 nitrogen and oxygen atoms in total. The summed E-state index contributed by atoms with van der Waals surface area (Å²) in [5.74, 6) is -0.132. The van der Waals surface area contributed by atoms with Gasteiger partial charge in [0, 0.05) is 5.56 Å². The number of halogens is 1. The summed E-state index contributed by atoms with van der Waals surface area (Å²) in [7, 11) is 0. The first-order chi connectivity index (χ1) is 10.1. The molecule has 0 atom stereocenters. The quantitative estimate of drug-likeness (QED) is 0.695. The molecule has 1 heterocycles. The van der Waals surface area contributed by atoms with Gasteiger partial charge in [0.1, 0.15) is 4.60 Å². The van der Waals surface area contributed by atoms with Gasteiger partial charge in [0.05, 0.1) is 11.4 Å². The summed E-state index contributed by atoms with van der Waals surface area (Å²) in [5, 5.41) is 5.07. The van der Waals surface area contributed by atoms with Crippen molar-refractivity contribution in [3.05, 3.63) is 70.5 Å². The molecule has 21 heavy (non-hydrogen) atoms. The fourth-order valence-electron chi connectivity index (χ4n) is 2.19. The Kier molecular flexibility index (Phi) is 3.71. The van der Waals surface area contributed by atoms with E-state index in [9.17, 15) is 4.79 Å². The second kappa shape index (κ2) is 5.66. The Morgan fingerprint density at radius 3 is 2.57 bits per heavy atom. The molecule has 1 N–H and O–H groups in total. The lowest BCUT2D eigenvalue weighted by atomic mass is 10.1. The molecule has 0 spiro atoms. The van der Waals surface area contributed by atoms with E-state index in [0.717, 1.165) is 26.8 Å². The number of carbonyl (C=O) groups is 1. The van der Waals surface area contributed by atoms with Gasteiger partial charge >= 0.3 is 0 Å². The molecule has 0 aliphatic carbocycles. The van der Waals surface area contributed by atoms with Gasteiger partial charge in [0.2, 0.25) is 0 Å². The van der Waals surface area contributed by atoms with Crippen LogP contribution in [-0.2, 0) is 0 Å². The summed E-state index contributed by atoms with van der Waals surface area (Å²) in [4.78, 5) is 16.6. The first-order valence-electron chi connectivity index (χ1n) is 6.57. The summed E-state index contributed by atoms with van der Waals surface area (Å²) in [5.41, 5.74) is 2.13. The Bertz CT molecular complexity index is 830. The third kappa shape index (κ3) is 2.95. The SMILES string of the molecule is Cc1nc(Br)ccc1NC(=O)c1ccc2ccccc2c1. The molecule has 1 aromatic heterocycles. The molecule has 0 bridgehead atoms. The highest BCUT2D eigenvalue weighted by molar-refractivity contribution is 9.10. The topological polar surface area (TPSA) is 42.0 Å². The molecule has 0 saturated heterocycles. The van der Waals surface area contributed by atoms with Crippen LogP contribution in [0, 0.1) is 6.92 Å². The number of aryl methyl sites for hydroxylation is 1. The fraction of sp³-hybridized carbons (Fsp3) is 0.0588. The van der Waals surface area contributed by atoms with Crippen LogP contribution in [0.5, 0.6) is 0 Å². The van der Waals surface area contributed by atoms with Gasteiger partial charge in [-0.25, -0.2) is 4.98 Å². The van der Waals surface area contributed by atoms with Crippen molar-refractivity contribution in [2.24, 2.45) is 0 Å². The highest BCUT2D eigenvalue weighted by Gasteiger charge is 2.09. The van der Waals surface area contributed by atoms with Gasteiger partial charge in [0.15, 0.2) is 0 Å². The Balaban J connectivity index is 1.89. The minimum absolute atomic E-state index is 0.132. The fourth-order valence-corrected chi connectivity index (χ4v) is 2.59. The molecule has 1 amide bonds. The van der Waals surface area contributed by atoms with Crippen molar-refractivity contribution in [3.63, 3.8) is 0 Å². The first-order valence-corrected chi connectivity index (χ1v) is 7.36. The summed E-state index contributed by atoms with van der Waals surface area (Å²) in [6.45, 7) is 1.86. The average Bonchev–Trinajstić information content (AvgIpc) is 2.49. The van der Waals surface area contributed by atoms with E-state index in [0.29, 0.717) is 5.56 Å². The maximum atomic E-state index is 12.3. The minimum Gasteiger partial charge on any atom is -0.320 e. The van der Waals surface area contributed by atoms with E-state index in [1.807, 2.05) is 61.5 Å². The Morgan fingerprint density at radius 1 is 1.05 bits per heavy atom. The lowest BCUT2D eigenvalue weighted by molar-refractivity contribution is 0.102. The van der Waals surface area contributed by atoms with Crippen molar-refractivity contribution in [1.82, 2.24) is 4.98 Å². The first kappa shape index (κ1) is 13.8. The van der Waals surface area contributed by atoms with Crippen molar-refractivity contribution in [2.45, 2.75) is 6.92 Å². The average molecular weight is 341 g/mol. The van der Waals surface area contributed by atoms with Crippen LogP contribution in [-0.4, -0.2) is 10.9 Å². The van der Waals surface area contributed by atoms with Crippen molar-refractivity contribution >= 4 is 38.3 Å². The number of rotatable bonds is 2. The van der Waals surface area contributed by atoms with Crippen molar-refractivity contribution in [2.75, 3.05) is 5.32 Å².